The van der Waals surface area contributed by atoms with Gasteiger partial charge in [-0.3, -0.25) is 0 Å². The van der Waals surface area contributed by atoms with E-state index >= 15 is 0 Å². The first-order valence-electron chi connectivity index (χ1n) is 7.01. The summed E-state index contributed by atoms with van der Waals surface area (Å²) < 4.78 is 0. The maximum atomic E-state index is 4.55. The first-order chi connectivity index (χ1) is 9.04. The maximum absolute atomic E-state index is 4.55. The Hall–Kier alpha value is -1.59. The molecule has 0 amide bonds. The van der Waals surface area contributed by atoms with Gasteiger partial charge >= 0.3 is 0 Å². The Balaban J connectivity index is 2.25. The second-order valence-electron chi connectivity index (χ2n) is 5.59. The quantitative estimate of drug-likeness (QED) is 0.849. The second kappa shape index (κ2) is 5.59. The predicted molar refractivity (Wildman–Crippen MR) is 78.8 cm³/mol. The molecule has 106 valence electrons. The molecule has 2 rings (SSSR count). The van der Waals surface area contributed by atoms with Crippen molar-refractivity contribution in [1.29, 1.82) is 0 Å². The van der Waals surface area contributed by atoms with E-state index in [0.29, 0.717) is 11.9 Å². The Bertz CT molecular complexity index is 425. The van der Waals surface area contributed by atoms with Crippen molar-refractivity contribution in [2.24, 2.45) is 0 Å². The minimum Gasteiger partial charge on any atom is -0.357 e. The standard InChI is InChI=1S/C13H24N6/c1-5-13(2,3)18-11-15-10(14-4)16-12(17-11)19-8-6-7-9-19/h5-9H2,1-4H3,(H2,14,15,16,17,18). The molecule has 0 unspecified atom stereocenters. The summed E-state index contributed by atoms with van der Waals surface area (Å²) in [6.45, 7) is 8.50. The lowest BCUT2D eigenvalue weighted by atomic mass is 10.0. The average Bonchev–Trinajstić information content (AvgIpc) is 2.91. The zero-order valence-electron chi connectivity index (χ0n) is 12.3. The van der Waals surface area contributed by atoms with E-state index in [1.165, 1.54) is 12.8 Å². The van der Waals surface area contributed by atoms with Crippen LogP contribution in [-0.4, -0.2) is 40.6 Å². The Morgan fingerprint density at radius 3 is 2.32 bits per heavy atom. The first-order valence-corrected chi connectivity index (χ1v) is 7.01. The average molecular weight is 264 g/mol. The van der Waals surface area contributed by atoms with E-state index in [2.05, 4.69) is 51.3 Å². The van der Waals surface area contributed by atoms with Gasteiger partial charge in [-0.25, -0.2) is 0 Å². The Morgan fingerprint density at radius 1 is 1.11 bits per heavy atom. The minimum atomic E-state index is -0.0192. The molecule has 0 aromatic carbocycles. The van der Waals surface area contributed by atoms with Gasteiger partial charge < -0.3 is 15.5 Å². The number of nitrogens with zero attached hydrogens (tertiary/aromatic N) is 4. The van der Waals surface area contributed by atoms with Gasteiger partial charge in [0.15, 0.2) is 0 Å². The van der Waals surface area contributed by atoms with Crippen molar-refractivity contribution in [2.45, 2.75) is 45.6 Å². The summed E-state index contributed by atoms with van der Waals surface area (Å²) in [4.78, 5) is 15.6. The highest BCUT2D eigenvalue weighted by atomic mass is 15.3. The van der Waals surface area contributed by atoms with Crippen LogP contribution in [0.5, 0.6) is 0 Å². The predicted octanol–water partition coefficient (Wildman–Crippen LogP) is 2.11. The highest BCUT2D eigenvalue weighted by molar-refractivity contribution is 5.45. The molecule has 1 aromatic heterocycles. The van der Waals surface area contributed by atoms with E-state index in [1.54, 1.807) is 0 Å². The van der Waals surface area contributed by atoms with Crippen LogP contribution in [0.2, 0.25) is 0 Å². The van der Waals surface area contributed by atoms with Gasteiger partial charge in [0.1, 0.15) is 0 Å². The molecular formula is C13H24N6. The third-order valence-corrected chi connectivity index (χ3v) is 3.57. The van der Waals surface area contributed by atoms with Gasteiger partial charge in [-0.1, -0.05) is 6.92 Å². The summed E-state index contributed by atoms with van der Waals surface area (Å²) >= 11 is 0. The molecule has 6 nitrogen and oxygen atoms in total. The fourth-order valence-electron chi connectivity index (χ4n) is 1.98. The topological polar surface area (TPSA) is 66.0 Å². The Kier molecular flexibility index (Phi) is 4.07. The highest BCUT2D eigenvalue weighted by Crippen LogP contribution is 2.21. The van der Waals surface area contributed by atoms with Crippen molar-refractivity contribution >= 4 is 17.8 Å². The maximum Gasteiger partial charge on any atom is 0.231 e. The van der Waals surface area contributed by atoms with E-state index < -0.39 is 0 Å². The number of hydrogen-bond acceptors (Lipinski definition) is 6. The van der Waals surface area contributed by atoms with Crippen molar-refractivity contribution in [3.05, 3.63) is 0 Å². The van der Waals surface area contributed by atoms with Crippen LogP contribution < -0.4 is 15.5 Å². The third-order valence-electron chi connectivity index (χ3n) is 3.57. The number of hydrogen-bond donors (Lipinski definition) is 2. The molecule has 2 N–H and O–H groups in total. The SMILES string of the molecule is CCC(C)(C)Nc1nc(NC)nc(N2CCCC2)n1. The fraction of sp³-hybridized carbons (Fsp3) is 0.769. The molecule has 0 bridgehead atoms. The van der Waals surface area contributed by atoms with Crippen molar-refractivity contribution in [2.75, 3.05) is 35.7 Å². The molecule has 1 aliphatic rings. The molecule has 0 aliphatic carbocycles. The van der Waals surface area contributed by atoms with Gasteiger partial charge in [0, 0.05) is 25.7 Å². The largest absolute Gasteiger partial charge is 0.357 e. The second-order valence-corrected chi connectivity index (χ2v) is 5.59. The molecule has 0 radical (unpaired) electrons. The third kappa shape index (κ3) is 3.45. The lowest BCUT2D eigenvalue weighted by Gasteiger charge is -2.25. The summed E-state index contributed by atoms with van der Waals surface area (Å²) in [5.41, 5.74) is -0.0192. The van der Waals surface area contributed by atoms with Crippen LogP contribution in [0.1, 0.15) is 40.0 Å². The van der Waals surface area contributed by atoms with Crippen LogP contribution in [0.4, 0.5) is 17.8 Å². The van der Waals surface area contributed by atoms with E-state index in [0.717, 1.165) is 25.5 Å². The molecule has 0 saturated carbocycles. The fourth-order valence-corrected chi connectivity index (χ4v) is 1.98. The van der Waals surface area contributed by atoms with Gasteiger partial charge in [0.05, 0.1) is 0 Å². The lowest BCUT2D eigenvalue weighted by molar-refractivity contribution is 0.541. The van der Waals surface area contributed by atoms with Crippen molar-refractivity contribution < 1.29 is 0 Å². The van der Waals surface area contributed by atoms with Crippen molar-refractivity contribution in [3.63, 3.8) is 0 Å². The molecule has 1 aromatic rings. The summed E-state index contributed by atoms with van der Waals surface area (Å²) in [5.74, 6) is 2.03. The van der Waals surface area contributed by atoms with Gasteiger partial charge in [-0.05, 0) is 33.1 Å². The molecule has 0 atom stereocenters. The van der Waals surface area contributed by atoms with Crippen LogP contribution >= 0.6 is 0 Å². The molecular weight excluding hydrogens is 240 g/mol. The van der Waals surface area contributed by atoms with Crippen LogP contribution in [0.25, 0.3) is 0 Å². The van der Waals surface area contributed by atoms with E-state index in [-0.39, 0.29) is 5.54 Å². The van der Waals surface area contributed by atoms with Gasteiger partial charge in [0.2, 0.25) is 17.8 Å². The van der Waals surface area contributed by atoms with Crippen LogP contribution in [0, 0.1) is 0 Å². The van der Waals surface area contributed by atoms with E-state index in [4.69, 9.17) is 0 Å². The Morgan fingerprint density at radius 2 is 1.74 bits per heavy atom. The number of anilines is 3. The first kappa shape index (κ1) is 13.8. The van der Waals surface area contributed by atoms with Crippen molar-refractivity contribution in [1.82, 2.24) is 15.0 Å². The molecule has 1 fully saturated rings. The smallest absolute Gasteiger partial charge is 0.231 e. The van der Waals surface area contributed by atoms with Crippen LogP contribution in [-0.2, 0) is 0 Å². The number of nitrogens with one attached hydrogen (secondary N) is 2. The van der Waals surface area contributed by atoms with Gasteiger partial charge in [0.25, 0.3) is 0 Å². The molecule has 1 aliphatic heterocycles. The summed E-state index contributed by atoms with van der Waals surface area (Å²) in [5, 5.41) is 6.38. The van der Waals surface area contributed by atoms with Gasteiger partial charge in [-0.2, -0.15) is 15.0 Å². The zero-order valence-corrected chi connectivity index (χ0v) is 12.3. The van der Waals surface area contributed by atoms with Crippen LogP contribution in [0.3, 0.4) is 0 Å². The van der Waals surface area contributed by atoms with Crippen molar-refractivity contribution in [3.8, 4) is 0 Å². The number of aromatic nitrogens is 3. The zero-order chi connectivity index (χ0) is 13.9. The summed E-state index contributed by atoms with van der Waals surface area (Å²) in [6.07, 6.45) is 3.43. The Labute approximate surface area is 115 Å². The highest BCUT2D eigenvalue weighted by Gasteiger charge is 2.20. The summed E-state index contributed by atoms with van der Waals surface area (Å²) in [6, 6.07) is 0. The molecule has 1 saturated heterocycles. The minimum absolute atomic E-state index is 0.0192. The lowest BCUT2D eigenvalue weighted by Crippen LogP contribution is -2.31. The van der Waals surface area contributed by atoms with Gasteiger partial charge in [-0.15, -0.1) is 0 Å². The summed E-state index contributed by atoms with van der Waals surface area (Å²) in [7, 11) is 1.83. The van der Waals surface area contributed by atoms with E-state index in [1.807, 2.05) is 7.05 Å². The van der Waals surface area contributed by atoms with Crippen LogP contribution in [0.15, 0.2) is 0 Å². The molecule has 19 heavy (non-hydrogen) atoms. The monoisotopic (exact) mass is 264 g/mol. The normalized spacial score (nSPS) is 15.7. The number of rotatable bonds is 5. The van der Waals surface area contributed by atoms with E-state index in [9.17, 15) is 0 Å². The molecule has 0 spiro atoms. The molecule has 6 heteroatoms. The molecule has 2 heterocycles.